The molecule has 108 valence electrons. The maximum Gasteiger partial charge on any atom is 0.270 e. The van der Waals surface area contributed by atoms with Crippen LogP contribution in [0.25, 0.3) is 0 Å². The molecule has 0 heterocycles. The minimum atomic E-state index is -2.86. The van der Waals surface area contributed by atoms with Gasteiger partial charge < -0.3 is 4.55 Å². The Bertz CT molecular complexity index is 426. The third kappa shape index (κ3) is 4.75. The molecule has 0 bridgehead atoms. The van der Waals surface area contributed by atoms with Crippen LogP contribution in [0.1, 0.15) is 51.8 Å². The van der Waals surface area contributed by atoms with Crippen LogP contribution in [0, 0.1) is 0 Å². The second-order valence-electron chi connectivity index (χ2n) is 5.73. The first kappa shape index (κ1) is 16.4. The van der Waals surface area contributed by atoms with Crippen molar-refractivity contribution in [3.05, 3.63) is 35.4 Å². The molecule has 1 unspecified atom stereocenters. The zero-order valence-corrected chi connectivity index (χ0v) is 12.8. The molecule has 0 spiro atoms. The van der Waals surface area contributed by atoms with E-state index in [1.54, 1.807) is 12.1 Å². The number of benzene rings is 1. The lowest BCUT2D eigenvalue weighted by atomic mass is 10.0. The highest BCUT2D eigenvalue weighted by Gasteiger charge is 2.29. The Morgan fingerprint density at radius 1 is 1.21 bits per heavy atom. The van der Waals surface area contributed by atoms with Crippen LogP contribution in [-0.2, 0) is 17.3 Å². The van der Waals surface area contributed by atoms with Crippen molar-refractivity contribution >= 4 is 11.4 Å². The maximum absolute atomic E-state index is 13.3. The van der Waals surface area contributed by atoms with Crippen LogP contribution in [0.15, 0.2) is 24.3 Å². The second-order valence-corrected chi connectivity index (χ2v) is 7.73. The molecule has 2 nitrogen and oxygen atoms in total. The number of halogens is 2. The highest BCUT2D eigenvalue weighted by Crippen LogP contribution is 2.29. The predicted molar refractivity (Wildman–Crippen MR) is 75.5 cm³/mol. The Morgan fingerprint density at radius 3 is 2.26 bits per heavy atom. The van der Waals surface area contributed by atoms with Gasteiger partial charge in [0, 0.05) is 23.8 Å². The normalized spacial score (nSPS) is 16.2. The number of nitrogens with one attached hydrogen (secondary N) is 1. The second kappa shape index (κ2) is 5.77. The Labute approximate surface area is 116 Å². The van der Waals surface area contributed by atoms with Gasteiger partial charge in [0.15, 0.2) is 0 Å². The topological polar surface area (TPSA) is 35.1 Å². The van der Waals surface area contributed by atoms with E-state index < -0.39 is 17.3 Å². The molecule has 19 heavy (non-hydrogen) atoms. The van der Waals surface area contributed by atoms with Crippen LogP contribution in [0.5, 0.6) is 0 Å². The molecule has 2 atom stereocenters. The first-order valence-corrected chi connectivity index (χ1v) is 7.33. The number of hydrogen-bond acceptors (Lipinski definition) is 2. The summed E-state index contributed by atoms with van der Waals surface area (Å²) in [6.07, 6.45) is 0. The average molecular weight is 289 g/mol. The maximum atomic E-state index is 13.3. The molecule has 0 aliphatic heterocycles. The minimum absolute atomic E-state index is 0.0276. The van der Waals surface area contributed by atoms with Gasteiger partial charge >= 0.3 is 0 Å². The summed E-state index contributed by atoms with van der Waals surface area (Å²) in [6.45, 7) is 8.27. The van der Waals surface area contributed by atoms with Gasteiger partial charge in [0.1, 0.15) is 4.75 Å². The summed E-state index contributed by atoms with van der Waals surface area (Å²) in [7, 11) is 0. The van der Waals surface area contributed by atoms with Crippen molar-refractivity contribution in [3.63, 3.8) is 0 Å². The molecule has 0 amide bonds. The SMILES string of the molecule is CC(N[S@+]([O-])C(C)(C)C)c1cccc(C(C)(F)F)c1. The lowest BCUT2D eigenvalue weighted by Crippen LogP contribution is -2.40. The molecule has 0 aromatic heterocycles. The van der Waals surface area contributed by atoms with Crippen molar-refractivity contribution in [2.24, 2.45) is 0 Å². The fourth-order valence-electron chi connectivity index (χ4n) is 1.49. The molecule has 1 aromatic carbocycles. The average Bonchev–Trinajstić information content (AvgIpc) is 2.26. The fourth-order valence-corrected chi connectivity index (χ4v) is 2.30. The van der Waals surface area contributed by atoms with Gasteiger partial charge in [-0.15, -0.1) is 4.72 Å². The van der Waals surface area contributed by atoms with Gasteiger partial charge in [0.25, 0.3) is 5.92 Å². The molecule has 0 fully saturated rings. The largest absolute Gasteiger partial charge is 0.598 e. The standard InChI is InChI=1S/C14H21F2NOS/c1-10(17-19(18)13(2,3)4)11-7-6-8-12(9-11)14(5,15)16/h6-10,17H,1-5H3/t10?,19-/m1/s1. The third-order valence-corrected chi connectivity index (χ3v) is 4.41. The minimum Gasteiger partial charge on any atom is -0.598 e. The van der Waals surface area contributed by atoms with Gasteiger partial charge in [-0.25, -0.2) is 8.78 Å². The molecule has 1 aromatic rings. The van der Waals surface area contributed by atoms with Crippen molar-refractivity contribution < 1.29 is 13.3 Å². The van der Waals surface area contributed by atoms with E-state index in [0.29, 0.717) is 5.56 Å². The Kier molecular flexibility index (Phi) is 4.98. The summed E-state index contributed by atoms with van der Waals surface area (Å²) < 4.78 is 41.1. The number of rotatable bonds is 4. The van der Waals surface area contributed by atoms with E-state index in [4.69, 9.17) is 0 Å². The summed E-state index contributed by atoms with van der Waals surface area (Å²) >= 11 is -1.23. The quantitative estimate of drug-likeness (QED) is 0.853. The molecule has 0 saturated carbocycles. The van der Waals surface area contributed by atoms with Crippen LogP contribution in [0.4, 0.5) is 8.78 Å². The molecule has 1 rings (SSSR count). The van der Waals surface area contributed by atoms with Gasteiger partial charge in [0.2, 0.25) is 0 Å². The molecule has 0 aliphatic rings. The zero-order chi connectivity index (χ0) is 14.8. The van der Waals surface area contributed by atoms with Gasteiger partial charge in [-0.2, -0.15) is 0 Å². The summed E-state index contributed by atoms with van der Waals surface area (Å²) in [5.41, 5.74) is 0.678. The van der Waals surface area contributed by atoms with Crippen molar-refractivity contribution in [2.45, 2.75) is 51.3 Å². The van der Waals surface area contributed by atoms with E-state index in [0.717, 1.165) is 6.92 Å². The lowest BCUT2D eigenvalue weighted by Gasteiger charge is -2.26. The summed E-state index contributed by atoms with van der Waals surface area (Å²) in [5.74, 6) is -2.86. The van der Waals surface area contributed by atoms with E-state index in [9.17, 15) is 13.3 Å². The monoisotopic (exact) mass is 289 g/mol. The van der Waals surface area contributed by atoms with Crippen LogP contribution < -0.4 is 4.72 Å². The highest BCUT2D eigenvalue weighted by molar-refractivity contribution is 7.90. The molecular weight excluding hydrogens is 268 g/mol. The smallest absolute Gasteiger partial charge is 0.270 e. The molecule has 0 radical (unpaired) electrons. The summed E-state index contributed by atoms with van der Waals surface area (Å²) in [6, 6.07) is 5.96. The molecular formula is C14H21F2NOS. The first-order valence-electron chi connectivity index (χ1n) is 6.18. The summed E-state index contributed by atoms with van der Waals surface area (Å²) in [5, 5.41) is 0. The zero-order valence-electron chi connectivity index (χ0n) is 12.0. The van der Waals surface area contributed by atoms with E-state index >= 15 is 0 Å². The number of alkyl halides is 2. The van der Waals surface area contributed by atoms with Crippen molar-refractivity contribution in [1.82, 2.24) is 4.72 Å². The Balaban J connectivity index is 2.86. The molecule has 5 heteroatoms. The van der Waals surface area contributed by atoms with Gasteiger partial charge in [-0.1, -0.05) is 18.2 Å². The Morgan fingerprint density at radius 2 is 1.79 bits per heavy atom. The van der Waals surface area contributed by atoms with E-state index in [1.807, 2.05) is 27.7 Å². The van der Waals surface area contributed by atoms with Gasteiger partial charge in [-0.3, -0.25) is 0 Å². The first-order chi connectivity index (χ1) is 8.51. The van der Waals surface area contributed by atoms with Gasteiger partial charge in [0.05, 0.1) is 6.04 Å². The van der Waals surface area contributed by atoms with Gasteiger partial charge in [-0.05, 0) is 39.3 Å². The number of hydrogen-bond donors (Lipinski definition) is 1. The van der Waals surface area contributed by atoms with E-state index in [1.165, 1.54) is 12.1 Å². The van der Waals surface area contributed by atoms with Crippen LogP contribution in [-0.4, -0.2) is 9.30 Å². The highest BCUT2D eigenvalue weighted by atomic mass is 32.2. The fraction of sp³-hybridized carbons (Fsp3) is 0.571. The van der Waals surface area contributed by atoms with Crippen molar-refractivity contribution in [2.75, 3.05) is 0 Å². The predicted octanol–water partition coefficient (Wildman–Crippen LogP) is 3.91. The van der Waals surface area contributed by atoms with E-state index in [-0.39, 0.29) is 16.4 Å². The van der Waals surface area contributed by atoms with Crippen LogP contribution in [0.2, 0.25) is 0 Å². The van der Waals surface area contributed by atoms with Crippen molar-refractivity contribution in [1.29, 1.82) is 0 Å². The Hall–Kier alpha value is -0.650. The molecule has 0 saturated heterocycles. The van der Waals surface area contributed by atoms with Crippen LogP contribution in [0.3, 0.4) is 0 Å². The summed E-state index contributed by atoms with van der Waals surface area (Å²) in [4.78, 5) is 0. The van der Waals surface area contributed by atoms with Crippen LogP contribution >= 0.6 is 0 Å². The van der Waals surface area contributed by atoms with Crippen molar-refractivity contribution in [3.8, 4) is 0 Å². The van der Waals surface area contributed by atoms with E-state index in [2.05, 4.69) is 4.72 Å². The lowest BCUT2D eigenvalue weighted by molar-refractivity contribution is 0.0174. The third-order valence-electron chi connectivity index (χ3n) is 2.73. The molecule has 0 aliphatic carbocycles. The molecule has 1 N–H and O–H groups in total.